The van der Waals surface area contributed by atoms with Crippen LogP contribution in [0.1, 0.15) is 21.7 Å². The van der Waals surface area contributed by atoms with Gasteiger partial charge < -0.3 is 19.5 Å². The summed E-state index contributed by atoms with van der Waals surface area (Å²) in [6.45, 7) is 2.22. The second-order valence-electron chi connectivity index (χ2n) is 4.36. The first-order chi connectivity index (χ1) is 8.99. The number of nitrogens with zero attached hydrogens (tertiary/aromatic N) is 1. The number of furan rings is 1. The zero-order valence-corrected chi connectivity index (χ0v) is 10.8. The van der Waals surface area contributed by atoms with Gasteiger partial charge in [0.15, 0.2) is 0 Å². The molecule has 0 saturated heterocycles. The summed E-state index contributed by atoms with van der Waals surface area (Å²) >= 11 is 0. The maximum Gasteiger partial charge on any atom is 0.257 e. The van der Waals surface area contributed by atoms with Crippen LogP contribution in [0.3, 0.4) is 0 Å². The molecular formula is C14H15NO4. The van der Waals surface area contributed by atoms with Gasteiger partial charge >= 0.3 is 0 Å². The van der Waals surface area contributed by atoms with Crippen LogP contribution in [-0.4, -0.2) is 28.1 Å². The van der Waals surface area contributed by atoms with Crippen LogP contribution < -0.4 is 0 Å². The van der Waals surface area contributed by atoms with Gasteiger partial charge in [0.2, 0.25) is 0 Å². The van der Waals surface area contributed by atoms with Crippen molar-refractivity contribution in [3.8, 4) is 11.5 Å². The summed E-state index contributed by atoms with van der Waals surface area (Å²) in [5.74, 6) is 0.121. The highest BCUT2D eigenvalue weighted by molar-refractivity contribution is 5.96. The number of amides is 1. The largest absolute Gasteiger partial charge is 0.508 e. The summed E-state index contributed by atoms with van der Waals surface area (Å²) in [4.78, 5) is 13.6. The molecule has 0 saturated carbocycles. The van der Waals surface area contributed by atoms with E-state index in [-0.39, 0.29) is 23.0 Å². The number of hydrogen-bond donors (Lipinski definition) is 2. The molecule has 2 aromatic rings. The van der Waals surface area contributed by atoms with Gasteiger partial charge in [0.25, 0.3) is 5.91 Å². The first kappa shape index (κ1) is 13.0. The van der Waals surface area contributed by atoms with Gasteiger partial charge in [-0.2, -0.15) is 0 Å². The van der Waals surface area contributed by atoms with Crippen LogP contribution in [0.15, 0.2) is 34.9 Å². The summed E-state index contributed by atoms with van der Waals surface area (Å²) < 4.78 is 5.17. The van der Waals surface area contributed by atoms with Crippen molar-refractivity contribution in [1.82, 2.24) is 4.90 Å². The van der Waals surface area contributed by atoms with Gasteiger partial charge in [0.1, 0.15) is 17.3 Å². The Morgan fingerprint density at radius 3 is 2.63 bits per heavy atom. The van der Waals surface area contributed by atoms with E-state index in [9.17, 15) is 15.0 Å². The van der Waals surface area contributed by atoms with E-state index in [1.54, 1.807) is 19.4 Å². The Bertz CT molecular complexity index is 603. The number of rotatable bonds is 3. The molecule has 0 fully saturated rings. The molecule has 1 amide bonds. The Labute approximate surface area is 110 Å². The van der Waals surface area contributed by atoms with E-state index in [1.807, 2.05) is 6.92 Å². The Morgan fingerprint density at radius 2 is 2.05 bits per heavy atom. The lowest BCUT2D eigenvalue weighted by Gasteiger charge is -2.17. The van der Waals surface area contributed by atoms with Crippen molar-refractivity contribution in [2.45, 2.75) is 13.5 Å². The second kappa shape index (κ2) is 5.06. The molecule has 2 N–H and O–H groups in total. The van der Waals surface area contributed by atoms with Crippen LogP contribution in [0, 0.1) is 6.92 Å². The smallest absolute Gasteiger partial charge is 0.257 e. The minimum absolute atomic E-state index is 0.0811. The third kappa shape index (κ3) is 2.70. The van der Waals surface area contributed by atoms with E-state index in [4.69, 9.17) is 4.42 Å². The Kier molecular flexibility index (Phi) is 3.46. The van der Waals surface area contributed by atoms with Gasteiger partial charge in [-0.25, -0.2) is 0 Å². The lowest BCUT2D eigenvalue weighted by atomic mass is 10.1. The van der Waals surface area contributed by atoms with Gasteiger partial charge in [0.05, 0.1) is 11.8 Å². The summed E-state index contributed by atoms with van der Waals surface area (Å²) in [5.41, 5.74) is 1.07. The van der Waals surface area contributed by atoms with Crippen LogP contribution in [0.2, 0.25) is 0 Å². The summed E-state index contributed by atoms with van der Waals surface area (Å²) in [5, 5.41) is 18.9. The lowest BCUT2D eigenvalue weighted by molar-refractivity contribution is 0.0781. The molecule has 100 valence electrons. The monoisotopic (exact) mass is 261 g/mol. The van der Waals surface area contributed by atoms with Crippen molar-refractivity contribution < 1.29 is 19.4 Å². The van der Waals surface area contributed by atoms with Crippen LogP contribution in [0.25, 0.3) is 0 Å². The van der Waals surface area contributed by atoms with E-state index >= 15 is 0 Å². The van der Waals surface area contributed by atoms with Crippen molar-refractivity contribution in [2.75, 3.05) is 7.05 Å². The van der Waals surface area contributed by atoms with Gasteiger partial charge in [-0.15, -0.1) is 0 Å². The SMILES string of the molecule is Cc1occc1CN(C)C(=O)c1ccc(O)cc1O. The van der Waals surface area contributed by atoms with E-state index < -0.39 is 0 Å². The maximum absolute atomic E-state index is 12.2. The van der Waals surface area contributed by atoms with Crippen LogP contribution in [0.5, 0.6) is 11.5 Å². The number of carbonyl (C=O) groups is 1. The molecule has 5 heteroatoms. The van der Waals surface area contributed by atoms with Gasteiger partial charge in [0, 0.05) is 25.2 Å². The molecule has 0 aliphatic heterocycles. The molecule has 1 heterocycles. The third-order valence-corrected chi connectivity index (χ3v) is 2.93. The molecule has 5 nitrogen and oxygen atoms in total. The number of phenols is 2. The zero-order chi connectivity index (χ0) is 14.0. The summed E-state index contributed by atoms with van der Waals surface area (Å²) in [7, 11) is 1.64. The van der Waals surface area contributed by atoms with Gasteiger partial charge in [-0.1, -0.05) is 0 Å². The molecular weight excluding hydrogens is 246 g/mol. The highest BCUT2D eigenvalue weighted by Gasteiger charge is 2.17. The summed E-state index contributed by atoms with van der Waals surface area (Å²) in [6, 6.07) is 5.70. The fourth-order valence-corrected chi connectivity index (χ4v) is 1.81. The third-order valence-electron chi connectivity index (χ3n) is 2.93. The molecule has 2 rings (SSSR count). The molecule has 1 aromatic heterocycles. The Morgan fingerprint density at radius 1 is 1.32 bits per heavy atom. The van der Waals surface area contributed by atoms with Crippen molar-refractivity contribution in [3.05, 3.63) is 47.4 Å². The van der Waals surface area contributed by atoms with Crippen molar-refractivity contribution in [3.63, 3.8) is 0 Å². The standard InChI is InChI=1S/C14H15NO4/c1-9-10(5-6-19-9)8-15(2)14(18)12-4-3-11(16)7-13(12)17/h3-7,16-17H,8H2,1-2H3. The predicted molar refractivity (Wildman–Crippen MR) is 69.0 cm³/mol. The van der Waals surface area contributed by atoms with E-state index in [0.717, 1.165) is 17.4 Å². The molecule has 1 aromatic carbocycles. The molecule has 0 unspecified atom stereocenters. The number of phenolic OH excluding ortho intramolecular Hbond substituents is 2. The van der Waals surface area contributed by atoms with Crippen molar-refractivity contribution in [2.24, 2.45) is 0 Å². The molecule has 19 heavy (non-hydrogen) atoms. The highest BCUT2D eigenvalue weighted by Crippen LogP contribution is 2.24. The maximum atomic E-state index is 12.2. The number of benzene rings is 1. The zero-order valence-electron chi connectivity index (χ0n) is 10.8. The normalized spacial score (nSPS) is 10.4. The predicted octanol–water partition coefficient (Wildman–Crippen LogP) is 2.27. The number of aromatic hydroxyl groups is 2. The van der Waals surface area contributed by atoms with Crippen LogP contribution >= 0.6 is 0 Å². The summed E-state index contributed by atoms with van der Waals surface area (Å²) in [6.07, 6.45) is 1.57. The molecule has 0 spiro atoms. The van der Waals surface area contributed by atoms with E-state index in [2.05, 4.69) is 0 Å². The quantitative estimate of drug-likeness (QED) is 0.888. The van der Waals surface area contributed by atoms with Gasteiger partial charge in [-0.05, 0) is 25.1 Å². The van der Waals surface area contributed by atoms with Crippen molar-refractivity contribution in [1.29, 1.82) is 0 Å². The fourth-order valence-electron chi connectivity index (χ4n) is 1.81. The van der Waals surface area contributed by atoms with Gasteiger partial charge in [-0.3, -0.25) is 4.79 Å². The average molecular weight is 261 g/mol. The molecule has 0 atom stereocenters. The fraction of sp³-hybridized carbons (Fsp3) is 0.214. The highest BCUT2D eigenvalue weighted by atomic mass is 16.3. The van der Waals surface area contributed by atoms with Crippen LogP contribution in [-0.2, 0) is 6.54 Å². The number of aryl methyl sites for hydroxylation is 1. The average Bonchev–Trinajstić information content (AvgIpc) is 2.74. The molecule has 0 bridgehead atoms. The van der Waals surface area contributed by atoms with Crippen molar-refractivity contribution >= 4 is 5.91 Å². The minimum Gasteiger partial charge on any atom is -0.508 e. The first-order valence-electron chi connectivity index (χ1n) is 5.79. The second-order valence-corrected chi connectivity index (χ2v) is 4.36. The number of hydrogen-bond acceptors (Lipinski definition) is 4. The van der Waals surface area contributed by atoms with E-state index in [0.29, 0.717) is 6.54 Å². The Hall–Kier alpha value is -2.43. The molecule has 0 aliphatic rings. The molecule has 0 radical (unpaired) electrons. The van der Waals surface area contributed by atoms with E-state index in [1.165, 1.54) is 17.0 Å². The Balaban J connectivity index is 2.17. The number of carbonyl (C=O) groups excluding carboxylic acids is 1. The lowest BCUT2D eigenvalue weighted by Crippen LogP contribution is -2.26. The molecule has 0 aliphatic carbocycles. The van der Waals surface area contributed by atoms with Crippen LogP contribution in [0.4, 0.5) is 0 Å². The minimum atomic E-state index is -0.321. The topological polar surface area (TPSA) is 73.9 Å². The first-order valence-corrected chi connectivity index (χ1v) is 5.79.